The molecule has 0 atom stereocenters. The van der Waals surface area contributed by atoms with Gasteiger partial charge >= 0.3 is 6.09 Å². The smallest absolute Gasteiger partial charge is 0.407 e. The lowest BCUT2D eigenvalue weighted by molar-refractivity contribution is -0.116. The number of rotatable bonds is 3. The van der Waals surface area contributed by atoms with E-state index >= 15 is 0 Å². The van der Waals surface area contributed by atoms with Crippen LogP contribution in [0.2, 0.25) is 0 Å². The average molecular weight is 214 g/mol. The maximum Gasteiger partial charge on any atom is 0.407 e. The molecule has 5 heteroatoms. The molecule has 0 saturated carbocycles. The predicted octanol–water partition coefficient (Wildman–Crippen LogP) is 0.813. The van der Waals surface area contributed by atoms with Gasteiger partial charge in [-0.3, -0.25) is 4.79 Å². The number of ether oxygens (including phenoxy) is 1. The number of alkyl carbamates (subject to hydrolysis) is 1. The number of hydrogen-bond acceptors (Lipinski definition) is 3. The minimum Gasteiger partial charge on any atom is -0.444 e. The van der Waals surface area contributed by atoms with Gasteiger partial charge in [0.25, 0.3) is 0 Å². The van der Waals surface area contributed by atoms with E-state index < -0.39 is 11.7 Å². The molecule has 0 aliphatic rings. The summed E-state index contributed by atoms with van der Waals surface area (Å²) in [7, 11) is 1.54. The molecule has 0 aromatic heterocycles. The van der Waals surface area contributed by atoms with Gasteiger partial charge in [0.1, 0.15) is 5.60 Å². The fourth-order valence-electron chi connectivity index (χ4n) is 0.706. The molecule has 0 rings (SSSR count). The number of nitrogens with one attached hydrogen (secondary N) is 2. The Balaban J connectivity index is 3.74. The van der Waals surface area contributed by atoms with Gasteiger partial charge in [0.05, 0.1) is 0 Å². The van der Waals surface area contributed by atoms with Crippen molar-refractivity contribution in [2.45, 2.75) is 26.4 Å². The van der Waals surface area contributed by atoms with E-state index in [-0.39, 0.29) is 12.5 Å². The first-order valence-electron chi connectivity index (χ1n) is 4.70. The van der Waals surface area contributed by atoms with E-state index in [0.29, 0.717) is 0 Å². The fraction of sp³-hybridized carbons (Fsp3) is 0.600. The number of carbonyl (C=O) groups excluding carboxylic acids is 2. The van der Waals surface area contributed by atoms with Crippen molar-refractivity contribution in [1.82, 2.24) is 10.6 Å². The third kappa shape index (κ3) is 8.80. The second-order valence-electron chi connectivity index (χ2n) is 3.90. The van der Waals surface area contributed by atoms with Crippen LogP contribution in [0.3, 0.4) is 0 Å². The van der Waals surface area contributed by atoms with Gasteiger partial charge in [0.15, 0.2) is 0 Å². The van der Waals surface area contributed by atoms with Crippen molar-refractivity contribution in [2.75, 3.05) is 13.6 Å². The topological polar surface area (TPSA) is 67.4 Å². The summed E-state index contributed by atoms with van der Waals surface area (Å²) in [6.07, 6.45) is 2.39. The van der Waals surface area contributed by atoms with Crippen LogP contribution < -0.4 is 10.6 Å². The quantitative estimate of drug-likeness (QED) is 0.683. The summed E-state index contributed by atoms with van der Waals surface area (Å²) < 4.78 is 4.99. The minimum atomic E-state index is -0.505. The van der Waals surface area contributed by atoms with Crippen LogP contribution in [-0.4, -0.2) is 31.2 Å². The molecule has 15 heavy (non-hydrogen) atoms. The number of amides is 2. The Morgan fingerprint density at radius 1 is 1.33 bits per heavy atom. The predicted molar refractivity (Wildman–Crippen MR) is 57.4 cm³/mol. The first kappa shape index (κ1) is 13.5. The number of carbonyl (C=O) groups is 2. The van der Waals surface area contributed by atoms with E-state index in [2.05, 4.69) is 10.6 Å². The molecule has 0 spiro atoms. The van der Waals surface area contributed by atoms with Crippen molar-refractivity contribution < 1.29 is 14.3 Å². The molecule has 0 heterocycles. The monoisotopic (exact) mass is 214 g/mol. The summed E-state index contributed by atoms with van der Waals surface area (Å²) in [4.78, 5) is 21.8. The Morgan fingerprint density at radius 3 is 2.40 bits per heavy atom. The maximum atomic E-state index is 11.1. The van der Waals surface area contributed by atoms with Crippen molar-refractivity contribution in [2.24, 2.45) is 0 Å². The van der Waals surface area contributed by atoms with Crippen LogP contribution in [0.4, 0.5) is 4.79 Å². The van der Waals surface area contributed by atoms with E-state index in [1.165, 1.54) is 13.1 Å². The van der Waals surface area contributed by atoms with Crippen molar-refractivity contribution in [3.8, 4) is 0 Å². The standard InChI is InChI=1S/C10H18N2O3/c1-10(2,3)15-9(14)12-7-5-6-8(13)11-4/h5-6H,7H2,1-4H3,(H,11,13)(H,12,14)/b6-5+. The van der Waals surface area contributed by atoms with Gasteiger partial charge in [-0.05, 0) is 20.8 Å². The van der Waals surface area contributed by atoms with Crippen molar-refractivity contribution >= 4 is 12.0 Å². The molecule has 0 saturated heterocycles. The van der Waals surface area contributed by atoms with E-state index in [0.717, 1.165) is 0 Å². The summed E-state index contributed by atoms with van der Waals surface area (Å²) in [5.41, 5.74) is -0.505. The zero-order chi connectivity index (χ0) is 11.9. The van der Waals surface area contributed by atoms with Gasteiger partial charge in [0.2, 0.25) is 5.91 Å². The van der Waals surface area contributed by atoms with Gasteiger partial charge in [-0.25, -0.2) is 4.79 Å². The molecule has 0 aliphatic carbocycles. The Labute approximate surface area is 89.9 Å². The molecule has 2 N–H and O–H groups in total. The third-order valence-corrected chi connectivity index (χ3v) is 1.28. The molecular weight excluding hydrogens is 196 g/mol. The lowest BCUT2D eigenvalue weighted by Crippen LogP contribution is -2.32. The summed E-state index contributed by atoms with van der Waals surface area (Å²) in [6.45, 7) is 5.62. The molecule has 86 valence electrons. The highest BCUT2D eigenvalue weighted by Gasteiger charge is 2.14. The lowest BCUT2D eigenvalue weighted by atomic mass is 10.2. The molecule has 0 bridgehead atoms. The highest BCUT2D eigenvalue weighted by Crippen LogP contribution is 2.05. The van der Waals surface area contributed by atoms with Crippen molar-refractivity contribution in [3.05, 3.63) is 12.2 Å². The van der Waals surface area contributed by atoms with E-state index in [4.69, 9.17) is 4.74 Å². The summed E-state index contributed by atoms with van der Waals surface area (Å²) in [5.74, 6) is -0.207. The molecule has 0 unspecified atom stereocenters. The average Bonchev–Trinajstić information content (AvgIpc) is 2.09. The molecule has 0 radical (unpaired) electrons. The van der Waals surface area contributed by atoms with Crippen molar-refractivity contribution in [1.29, 1.82) is 0 Å². The highest BCUT2D eigenvalue weighted by atomic mass is 16.6. The Bertz CT molecular complexity index is 254. The normalized spacial score (nSPS) is 11.2. The number of hydrogen-bond donors (Lipinski definition) is 2. The second kappa shape index (κ2) is 6.06. The van der Waals surface area contributed by atoms with Crippen LogP contribution in [0, 0.1) is 0 Å². The molecule has 0 aliphatic heterocycles. The van der Waals surface area contributed by atoms with Crippen LogP contribution in [0.25, 0.3) is 0 Å². The first-order valence-corrected chi connectivity index (χ1v) is 4.70. The van der Waals surface area contributed by atoms with E-state index in [1.54, 1.807) is 26.8 Å². The maximum absolute atomic E-state index is 11.1. The zero-order valence-electron chi connectivity index (χ0n) is 9.59. The Hall–Kier alpha value is -1.52. The Kier molecular flexibility index (Phi) is 5.44. The van der Waals surface area contributed by atoms with Gasteiger partial charge in [-0.1, -0.05) is 6.08 Å². The second-order valence-corrected chi connectivity index (χ2v) is 3.90. The minimum absolute atomic E-state index is 0.207. The van der Waals surface area contributed by atoms with Crippen LogP contribution in [0.15, 0.2) is 12.2 Å². The summed E-state index contributed by atoms with van der Waals surface area (Å²) in [5, 5.41) is 4.91. The fourth-order valence-corrected chi connectivity index (χ4v) is 0.706. The molecule has 2 amide bonds. The van der Waals surface area contributed by atoms with Gasteiger partial charge in [-0.2, -0.15) is 0 Å². The van der Waals surface area contributed by atoms with Crippen LogP contribution in [-0.2, 0) is 9.53 Å². The highest BCUT2D eigenvalue weighted by molar-refractivity contribution is 5.87. The zero-order valence-corrected chi connectivity index (χ0v) is 9.59. The SMILES string of the molecule is CNC(=O)/C=C/CNC(=O)OC(C)(C)C. The van der Waals surface area contributed by atoms with Crippen LogP contribution in [0.5, 0.6) is 0 Å². The van der Waals surface area contributed by atoms with E-state index in [9.17, 15) is 9.59 Å². The van der Waals surface area contributed by atoms with Crippen LogP contribution >= 0.6 is 0 Å². The van der Waals surface area contributed by atoms with Crippen molar-refractivity contribution in [3.63, 3.8) is 0 Å². The summed E-state index contributed by atoms with van der Waals surface area (Å²) >= 11 is 0. The third-order valence-electron chi connectivity index (χ3n) is 1.28. The lowest BCUT2D eigenvalue weighted by Gasteiger charge is -2.19. The first-order chi connectivity index (χ1) is 6.85. The summed E-state index contributed by atoms with van der Waals surface area (Å²) in [6, 6.07) is 0. The molecule has 5 nitrogen and oxygen atoms in total. The molecular formula is C10H18N2O3. The largest absolute Gasteiger partial charge is 0.444 e. The molecule has 0 aromatic carbocycles. The molecule has 0 aromatic rings. The van der Waals surface area contributed by atoms with E-state index in [1.807, 2.05) is 0 Å². The Morgan fingerprint density at radius 2 is 1.93 bits per heavy atom. The molecule has 0 fully saturated rings. The van der Waals surface area contributed by atoms with Gasteiger partial charge < -0.3 is 15.4 Å². The number of likely N-dealkylation sites (N-methyl/N-ethyl adjacent to an activating group) is 1. The van der Waals surface area contributed by atoms with Gasteiger partial charge in [-0.15, -0.1) is 0 Å². The van der Waals surface area contributed by atoms with Gasteiger partial charge in [0, 0.05) is 19.7 Å². The van der Waals surface area contributed by atoms with Crippen LogP contribution in [0.1, 0.15) is 20.8 Å².